The van der Waals surface area contributed by atoms with E-state index >= 15 is 0 Å². The Morgan fingerprint density at radius 3 is 2.85 bits per heavy atom. The Bertz CT molecular complexity index is 518. The maximum absolute atomic E-state index is 11.8. The number of nitriles is 1. The van der Waals surface area contributed by atoms with Crippen LogP contribution in [0.1, 0.15) is 12.5 Å². The van der Waals surface area contributed by atoms with E-state index in [2.05, 4.69) is 5.32 Å². The largest absolute Gasteiger partial charge is 0.493 e. The molecule has 0 unspecified atom stereocenters. The van der Waals surface area contributed by atoms with Gasteiger partial charge in [0, 0.05) is 19.2 Å². The van der Waals surface area contributed by atoms with Gasteiger partial charge in [-0.1, -0.05) is 18.2 Å². The van der Waals surface area contributed by atoms with Crippen LogP contribution in [0.5, 0.6) is 5.75 Å². The smallest absolute Gasteiger partial charge is 0.262 e. The summed E-state index contributed by atoms with van der Waals surface area (Å²) in [5, 5.41) is 11.7. The molecular formula is C15H18N2O3. The highest BCUT2D eigenvalue weighted by Crippen LogP contribution is 2.20. The number of rotatable bonds is 7. The van der Waals surface area contributed by atoms with Crippen molar-refractivity contribution in [3.8, 4) is 11.8 Å². The zero-order chi connectivity index (χ0) is 14.8. The number of nitrogens with zero attached hydrogens (tertiary/aromatic N) is 1. The van der Waals surface area contributed by atoms with Crippen molar-refractivity contribution in [3.05, 3.63) is 35.4 Å². The van der Waals surface area contributed by atoms with Crippen molar-refractivity contribution in [3.63, 3.8) is 0 Å². The van der Waals surface area contributed by atoms with Crippen LogP contribution in [0, 0.1) is 11.3 Å². The summed E-state index contributed by atoms with van der Waals surface area (Å²) in [6, 6.07) is 9.16. The Morgan fingerprint density at radius 1 is 1.45 bits per heavy atom. The van der Waals surface area contributed by atoms with Crippen molar-refractivity contribution in [2.45, 2.75) is 6.92 Å². The molecule has 0 heterocycles. The first-order chi connectivity index (χ1) is 9.72. The van der Waals surface area contributed by atoms with E-state index in [1.807, 2.05) is 25.1 Å². The van der Waals surface area contributed by atoms with E-state index in [-0.39, 0.29) is 5.57 Å². The predicted molar refractivity (Wildman–Crippen MR) is 76.1 cm³/mol. The highest BCUT2D eigenvalue weighted by molar-refractivity contribution is 6.01. The van der Waals surface area contributed by atoms with Crippen molar-refractivity contribution in [1.82, 2.24) is 5.32 Å². The van der Waals surface area contributed by atoms with Crippen LogP contribution >= 0.6 is 0 Å². The number of nitrogens with one attached hydrogen (secondary N) is 1. The number of carbonyl (C=O) groups excluding carboxylic acids is 1. The normalized spacial score (nSPS) is 10.8. The Kier molecular flexibility index (Phi) is 6.87. The molecule has 5 heteroatoms. The highest BCUT2D eigenvalue weighted by atomic mass is 16.5. The molecule has 0 aliphatic heterocycles. The van der Waals surface area contributed by atoms with E-state index < -0.39 is 5.91 Å². The standard InChI is InChI=1S/C15H18N2O3/c1-3-20-14-7-5-4-6-12(14)10-13(11-16)15(18)17-8-9-19-2/h4-7,10H,3,8-9H2,1-2H3,(H,17,18)/b13-10+. The molecule has 0 radical (unpaired) electrons. The van der Waals surface area contributed by atoms with Crippen LogP contribution in [0.3, 0.4) is 0 Å². The summed E-state index contributed by atoms with van der Waals surface area (Å²) in [7, 11) is 1.55. The fraction of sp³-hybridized carbons (Fsp3) is 0.333. The Morgan fingerprint density at radius 2 is 2.20 bits per heavy atom. The second-order valence-electron chi connectivity index (χ2n) is 3.89. The van der Waals surface area contributed by atoms with Crippen molar-refractivity contribution in [2.24, 2.45) is 0 Å². The van der Waals surface area contributed by atoms with Crippen LogP contribution in [0.15, 0.2) is 29.8 Å². The van der Waals surface area contributed by atoms with Crippen molar-refractivity contribution < 1.29 is 14.3 Å². The molecule has 0 aromatic heterocycles. The number of methoxy groups -OCH3 is 1. The SMILES string of the molecule is CCOc1ccccc1/C=C(\C#N)C(=O)NCCOC. The number of para-hydroxylation sites is 1. The van der Waals surface area contributed by atoms with Gasteiger partial charge < -0.3 is 14.8 Å². The molecule has 5 nitrogen and oxygen atoms in total. The van der Waals surface area contributed by atoms with E-state index in [9.17, 15) is 4.79 Å². The monoisotopic (exact) mass is 274 g/mol. The Labute approximate surface area is 118 Å². The summed E-state index contributed by atoms with van der Waals surface area (Å²) in [5.41, 5.74) is 0.737. The molecular weight excluding hydrogens is 256 g/mol. The third kappa shape index (κ3) is 4.75. The number of benzene rings is 1. The molecule has 1 N–H and O–H groups in total. The molecule has 0 aliphatic rings. The molecule has 20 heavy (non-hydrogen) atoms. The lowest BCUT2D eigenvalue weighted by Gasteiger charge is -2.07. The van der Waals surface area contributed by atoms with E-state index in [1.54, 1.807) is 19.2 Å². The maximum Gasteiger partial charge on any atom is 0.262 e. The first-order valence-electron chi connectivity index (χ1n) is 6.33. The minimum Gasteiger partial charge on any atom is -0.493 e. The number of hydrogen-bond donors (Lipinski definition) is 1. The lowest BCUT2D eigenvalue weighted by Crippen LogP contribution is -2.27. The van der Waals surface area contributed by atoms with Crippen molar-refractivity contribution >= 4 is 12.0 Å². The fourth-order valence-corrected chi connectivity index (χ4v) is 1.55. The van der Waals surface area contributed by atoms with E-state index in [0.29, 0.717) is 31.1 Å². The number of ether oxygens (including phenoxy) is 2. The Balaban J connectivity index is 2.89. The second-order valence-corrected chi connectivity index (χ2v) is 3.89. The van der Waals surface area contributed by atoms with Crippen molar-refractivity contribution in [1.29, 1.82) is 5.26 Å². The van der Waals surface area contributed by atoms with Gasteiger partial charge in [0.05, 0.1) is 13.2 Å². The zero-order valence-corrected chi connectivity index (χ0v) is 11.7. The summed E-state index contributed by atoms with van der Waals surface area (Å²) in [6.07, 6.45) is 1.52. The topological polar surface area (TPSA) is 71.3 Å². The van der Waals surface area contributed by atoms with Crippen LogP contribution in [0.4, 0.5) is 0 Å². The van der Waals surface area contributed by atoms with Gasteiger partial charge in [0.1, 0.15) is 17.4 Å². The molecule has 0 saturated carbocycles. The molecule has 1 aromatic carbocycles. The van der Waals surface area contributed by atoms with Crippen molar-refractivity contribution in [2.75, 3.05) is 26.9 Å². The molecule has 0 bridgehead atoms. The molecule has 106 valence electrons. The summed E-state index contributed by atoms with van der Waals surface area (Å²) in [5.74, 6) is 0.225. The lowest BCUT2D eigenvalue weighted by atomic mass is 10.1. The Hall–Kier alpha value is -2.32. The fourth-order valence-electron chi connectivity index (χ4n) is 1.55. The number of hydrogen-bond acceptors (Lipinski definition) is 4. The van der Waals surface area contributed by atoms with E-state index in [4.69, 9.17) is 14.7 Å². The maximum atomic E-state index is 11.8. The van der Waals surface area contributed by atoms with Gasteiger partial charge in [0.25, 0.3) is 5.91 Å². The molecule has 1 aromatic rings. The van der Waals surface area contributed by atoms with Gasteiger partial charge >= 0.3 is 0 Å². The van der Waals surface area contributed by atoms with Gasteiger partial charge in [0.2, 0.25) is 0 Å². The van der Waals surface area contributed by atoms with E-state index in [1.165, 1.54) is 6.08 Å². The third-order valence-electron chi connectivity index (χ3n) is 2.48. The first-order valence-corrected chi connectivity index (χ1v) is 6.33. The average Bonchev–Trinajstić information content (AvgIpc) is 2.46. The number of carbonyl (C=O) groups is 1. The van der Waals surface area contributed by atoms with E-state index in [0.717, 1.165) is 0 Å². The van der Waals surface area contributed by atoms with Gasteiger partial charge in [-0.15, -0.1) is 0 Å². The van der Waals surface area contributed by atoms with Crippen LogP contribution in [-0.4, -0.2) is 32.8 Å². The summed E-state index contributed by atoms with van der Waals surface area (Å²) in [4.78, 5) is 11.8. The van der Waals surface area contributed by atoms with Crippen LogP contribution in [0.2, 0.25) is 0 Å². The van der Waals surface area contributed by atoms with Gasteiger partial charge in [-0.3, -0.25) is 4.79 Å². The molecule has 1 amide bonds. The van der Waals surface area contributed by atoms with Crippen LogP contribution in [-0.2, 0) is 9.53 Å². The van der Waals surface area contributed by atoms with Crippen LogP contribution < -0.4 is 10.1 Å². The summed E-state index contributed by atoms with van der Waals surface area (Å²) in [6.45, 7) is 3.16. The molecule has 0 aliphatic carbocycles. The molecule has 0 spiro atoms. The molecule has 1 rings (SSSR count). The second kappa shape index (κ2) is 8.73. The molecule has 0 saturated heterocycles. The minimum atomic E-state index is -0.421. The van der Waals surface area contributed by atoms with Crippen LogP contribution in [0.25, 0.3) is 6.08 Å². The molecule has 0 fully saturated rings. The quantitative estimate of drug-likeness (QED) is 0.467. The first kappa shape index (κ1) is 15.7. The predicted octanol–water partition coefficient (Wildman–Crippen LogP) is 1.75. The average molecular weight is 274 g/mol. The lowest BCUT2D eigenvalue weighted by molar-refractivity contribution is -0.117. The van der Waals surface area contributed by atoms with Gasteiger partial charge in [0.15, 0.2) is 0 Å². The highest BCUT2D eigenvalue weighted by Gasteiger charge is 2.09. The summed E-state index contributed by atoms with van der Waals surface area (Å²) < 4.78 is 10.3. The number of amides is 1. The van der Waals surface area contributed by atoms with Gasteiger partial charge in [-0.05, 0) is 19.1 Å². The third-order valence-corrected chi connectivity index (χ3v) is 2.48. The summed E-state index contributed by atoms with van der Waals surface area (Å²) >= 11 is 0. The van der Waals surface area contributed by atoms with Gasteiger partial charge in [-0.25, -0.2) is 0 Å². The zero-order valence-electron chi connectivity index (χ0n) is 11.7. The minimum absolute atomic E-state index is 0.0354. The van der Waals surface area contributed by atoms with Gasteiger partial charge in [-0.2, -0.15) is 5.26 Å². The molecule has 0 atom stereocenters.